The van der Waals surface area contributed by atoms with Gasteiger partial charge in [0.1, 0.15) is 5.54 Å². The van der Waals surface area contributed by atoms with Crippen molar-refractivity contribution in [3.63, 3.8) is 0 Å². The first kappa shape index (κ1) is 17.1. The van der Waals surface area contributed by atoms with Crippen molar-refractivity contribution in [2.75, 3.05) is 12.3 Å². The van der Waals surface area contributed by atoms with Crippen molar-refractivity contribution in [1.82, 2.24) is 5.32 Å². The highest BCUT2D eigenvalue weighted by atomic mass is 32.2. The van der Waals surface area contributed by atoms with Crippen LogP contribution in [0, 0.1) is 0 Å². The molecule has 0 fully saturated rings. The maximum absolute atomic E-state index is 11.3. The van der Waals surface area contributed by atoms with Crippen LogP contribution in [0.1, 0.15) is 40.2 Å². The summed E-state index contributed by atoms with van der Waals surface area (Å²) in [5, 5.41) is 12.4. The maximum Gasteiger partial charge on any atom is 0.324 e. The Kier molecular flexibility index (Phi) is 5.66. The van der Waals surface area contributed by atoms with Crippen LogP contribution >= 0.6 is 11.8 Å². The molecule has 0 aliphatic rings. The number of carbonyl (C=O) groups is 1. The lowest BCUT2D eigenvalue weighted by atomic mass is 9.87. The molecular weight excluding hydrogens is 270 g/mol. The van der Waals surface area contributed by atoms with E-state index in [1.54, 1.807) is 18.7 Å². The summed E-state index contributed by atoms with van der Waals surface area (Å²) in [4.78, 5) is 12.4. The quantitative estimate of drug-likeness (QED) is 0.788. The fraction of sp³-hybridized carbons (Fsp3) is 0.562. The fourth-order valence-corrected chi connectivity index (χ4v) is 2.87. The zero-order chi connectivity index (χ0) is 15.4. The van der Waals surface area contributed by atoms with Crippen LogP contribution in [-0.2, 0) is 10.2 Å². The summed E-state index contributed by atoms with van der Waals surface area (Å²) in [6, 6.07) is 8.38. The first-order chi connectivity index (χ1) is 9.19. The van der Waals surface area contributed by atoms with E-state index in [1.807, 2.05) is 6.92 Å². The number of carboxylic acid groups (broad SMARTS) is 1. The summed E-state index contributed by atoms with van der Waals surface area (Å²) < 4.78 is 0. The number of thioether (sulfide) groups is 1. The van der Waals surface area contributed by atoms with E-state index in [0.29, 0.717) is 12.3 Å². The van der Waals surface area contributed by atoms with Crippen molar-refractivity contribution in [1.29, 1.82) is 0 Å². The molecule has 0 amide bonds. The molecule has 0 radical (unpaired) electrons. The van der Waals surface area contributed by atoms with Gasteiger partial charge in [0.05, 0.1) is 0 Å². The largest absolute Gasteiger partial charge is 0.480 e. The molecule has 0 aromatic heterocycles. The van der Waals surface area contributed by atoms with Crippen LogP contribution in [0.4, 0.5) is 0 Å². The second-order valence-corrected chi connectivity index (χ2v) is 7.28. The number of likely N-dealkylation sites (N-methyl/N-ethyl adjacent to an activating group) is 1. The van der Waals surface area contributed by atoms with Crippen molar-refractivity contribution in [3.8, 4) is 0 Å². The van der Waals surface area contributed by atoms with E-state index in [0.717, 1.165) is 4.90 Å². The van der Waals surface area contributed by atoms with Crippen molar-refractivity contribution in [2.45, 2.75) is 50.5 Å². The molecule has 0 spiro atoms. The van der Waals surface area contributed by atoms with Gasteiger partial charge in [-0.15, -0.1) is 11.8 Å². The van der Waals surface area contributed by atoms with Crippen molar-refractivity contribution >= 4 is 17.7 Å². The number of carboxylic acids is 1. The third-order valence-electron chi connectivity index (χ3n) is 3.29. The van der Waals surface area contributed by atoms with E-state index in [9.17, 15) is 9.90 Å². The monoisotopic (exact) mass is 295 g/mol. The predicted octanol–water partition coefficient (Wildman–Crippen LogP) is 3.53. The van der Waals surface area contributed by atoms with Crippen LogP contribution in [-0.4, -0.2) is 28.9 Å². The Hall–Kier alpha value is -1.00. The molecule has 4 heteroatoms. The maximum atomic E-state index is 11.3. The van der Waals surface area contributed by atoms with Gasteiger partial charge in [0.2, 0.25) is 0 Å². The molecule has 0 aliphatic heterocycles. The van der Waals surface area contributed by atoms with Gasteiger partial charge in [-0.3, -0.25) is 4.79 Å². The summed E-state index contributed by atoms with van der Waals surface area (Å²) in [5.41, 5.74) is 0.541. The topological polar surface area (TPSA) is 49.3 Å². The molecule has 1 aromatic rings. The van der Waals surface area contributed by atoms with Gasteiger partial charge in [0.15, 0.2) is 0 Å². The lowest BCUT2D eigenvalue weighted by Crippen LogP contribution is -2.51. The summed E-state index contributed by atoms with van der Waals surface area (Å²) in [5.74, 6) is -0.302. The Labute approximate surface area is 126 Å². The highest BCUT2D eigenvalue weighted by Gasteiger charge is 2.32. The first-order valence-corrected chi connectivity index (χ1v) is 7.89. The summed E-state index contributed by atoms with van der Waals surface area (Å²) >= 11 is 1.57. The molecule has 1 rings (SSSR count). The highest BCUT2D eigenvalue weighted by Crippen LogP contribution is 2.27. The first-order valence-electron chi connectivity index (χ1n) is 6.91. The number of rotatable bonds is 6. The van der Waals surface area contributed by atoms with Gasteiger partial charge in [0, 0.05) is 10.6 Å². The Morgan fingerprint density at radius 2 is 1.75 bits per heavy atom. The van der Waals surface area contributed by atoms with Crippen molar-refractivity contribution in [3.05, 3.63) is 29.8 Å². The van der Waals surface area contributed by atoms with Crippen LogP contribution in [0.25, 0.3) is 0 Å². The van der Waals surface area contributed by atoms with Gasteiger partial charge in [-0.2, -0.15) is 0 Å². The molecule has 112 valence electrons. The number of hydrogen-bond donors (Lipinski definition) is 2. The van der Waals surface area contributed by atoms with Crippen LogP contribution in [0.15, 0.2) is 29.2 Å². The van der Waals surface area contributed by atoms with E-state index in [1.165, 1.54) is 5.56 Å². The molecule has 2 N–H and O–H groups in total. The molecular formula is C16H25NO2S. The summed E-state index contributed by atoms with van der Waals surface area (Å²) in [6.07, 6.45) is 0. The minimum Gasteiger partial charge on any atom is -0.480 e. The van der Waals surface area contributed by atoms with E-state index in [4.69, 9.17) is 0 Å². The number of nitrogens with one attached hydrogen (secondary N) is 1. The Balaban J connectivity index is 2.72. The second-order valence-electron chi connectivity index (χ2n) is 6.23. The van der Waals surface area contributed by atoms with E-state index >= 15 is 0 Å². The lowest BCUT2D eigenvalue weighted by Gasteiger charge is -2.25. The predicted molar refractivity (Wildman–Crippen MR) is 85.6 cm³/mol. The molecule has 20 heavy (non-hydrogen) atoms. The normalized spacial score (nSPS) is 14.8. The average molecular weight is 295 g/mol. The molecule has 0 bridgehead atoms. The zero-order valence-corrected chi connectivity index (χ0v) is 13.8. The molecule has 1 aromatic carbocycles. The summed E-state index contributed by atoms with van der Waals surface area (Å²) in [7, 11) is 0. The Morgan fingerprint density at radius 3 is 2.15 bits per heavy atom. The molecule has 1 atom stereocenters. The third-order valence-corrected chi connectivity index (χ3v) is 4.61. The third kappa shape index (κ3) is 4.53. The van der Waals surface area contributed by atoms with Crippen LogP contribution in [0.2, 0.25) is 0 Å². The van der Waals surface area contributed by atoms with Gasteiger partial charge >= 0.3 is 5.97 Å². The average Bonchev–Trinajstić information content (AvgIpc) is 2.36. The van der Waals surface area contributed by atoms with Gasteiger partial charge in [0.25, 0.3) is 0 Å². The SMILES string of the molecule is CCNC(C)(CSc1ccc(C(C)(C)C)cc1)C(=O)O. The molecule has 0 saturated carbocycles. The van der Waals surface area contributed by atoms with Crippen LogP contribution in [0.3, 0.4) is 0 Å². The van der Waals surface area contributed by atoms with Gasteiger partial charge < -0.3 is 10.4 Å². The smallest absolute Gasteiger partial charge is 0.324 e. The van der Waals surface area contributed by atoms with Crippen LogP contribution in [0.5, 0.6) is 0 Å². The minimum absolute atomic E-state index is 0.141. The minimum atomic E-state index is -0.887. The van der Waals surface area contributed by atoms with Gasteiger partial charge in [-0.05, 0) is 36.6 Å². The number of hydrogen-bond acceptors (Lipinski definition) is 3. The molecule has 3 nitrogen and oxygen atoms in total. The van der Waals surface area contributed by atoms with Crippen molar-refractivity contribution < 1.29 is 9.90 Å². The fourth-order valence-electron chi connectivity index (χ4n) is 1.86. The van der Waals surface area contributed by atoms with Gasteiger partial charge in [-0.1, -0.05) is 39.8 Å². The van der Waals surface area contributed by atoms with E-state index in [2.05, 4.69) is 50.4 Å². The standard InChI is InChI=1S/C16H25NO2S/c1-6-17-16(5,14(18)19)11-20-13-9-7-12(8-10-13)15(2,3)4/h7-10,17H,6,11H2,1-5H3,(H,18,19). The number of aliphatic carboxylic acids is 1. The van der Waals surface area contributed by atoms with Crippen LogP contribution < -0.4 is 5.32 Å². The molecule has 0 saturated heterocycles. The molecule has 0 aliphatic carbocycles. The highest BCUT2D eigenvalue weighted by molar-refractivity contribution is 7.99. The van der Waals surface area contributed by atoms with Gasteiger partial charge in [-0.25, -0.2) is 0 Å². The molecule has 1 unspecified atom stereocenters. The molecule has 0 heterocycles. The van der Waals surface area contributed by atoms with Crippen molar-refractivity contribution in [2.24, 2.45) is 0 Å². The Morgan fingerprint density at radius 1 is 1.20 bits per heavy atom. The number of benzene rings is 1. The zero-order valence-electron chi connectivity index (χ0n) is 13.0. The second kappa shape index (κ2) is 6.64. The van der Waals surface area contributed by atoms with E-state index < -0.39 is 11.5 Å². The summed E-state index contributed by atoms with van der Waals surface area (Å²) in [6.45, 7) is 10.8. The Bertz CT molecular complexity index is 451. The van der Waals surface area contributed by atoms with E-state index in [-0.39, 0.29) is 5.41 Å². The lowest BCUT2D eigenvalue weighted by molar-refractivity contribution is -0.143.